The number of rotatable bonds is 0. The van der Waals surface area contributed by atoms with Crippen molar-refractivity contribution in [3.63, 3.8) is 0 Å². The molecule has 1 heterocycles. The molecule has 0 aliphatic carbocycles. The number of hydrogen-bond acceptors (Lipinski definition) is 1. The van der Waals surface area contributed by atoms with E-state index >= 15 is 0 Å². The van der Waals surface area contributed by atoms with E-state index in [9.17, 15) is 0 Å². The van der Waals surface area contributed by atoms with Crippen LogP contribution in [0.5, 0.6) is 0 Å². The van der Waals surface area contributed by atoms with Gasteiger partial charge in [0.05, 0.1) is 5.69 Å². The van der Waals surface area contributed by atoms with Crippen LogP contribution < -0.4 is 0 Å². The normalized spacial score (nSPS) is 14.1. The zero-order chi connectivity index (χ0) is 8.39. The first-order valence-electron chi connectivity index (χ1n) is 4.15. The highest BCUT2D eigenvalue weighted by Crippen LogP contribution is 2.22. The monoisotopic (exact) mass is 157 g/mol. The van der Waals surface area contributed by atoms with E-state index in [2.05, 4.69) is 36.2 Å². The maximum Gasteiger partial charge on any atom is 0.0667 e. The minimum absolute atomic E-state index is 0.996. The lowest BCUT2D eigenvalue weighted by Crippen LogP contribution is -1.81. The van der Waals surface area contributed by atoms with Crippen LogP contribution in [0.15, 0.2) is 35.3 Å². The van der Waals surface area contributed by atoms with E-state index in [1.54, 1.807) is 0 Å². The van der Waals surface area contributed by atoms with E-state index in [0.717, 1.165) is 12.1 Å². The van der Waals surface area contributed by atoms with Gasteiger partial charge in [0.1, 0.15) is 0 Å². The smallest absolute Gasteiger partial charge is 0.0667 e. The number of aryl methyl sites for hydroxylation is 1. The molecule has 0 radical (unpaired) electrons. The fraction of sp³-hybridized carbons (Fsp3) is 0.182. The van der Waals surface area contributed by atoms with Crippen molar-refractivity contribution in [2.75, 3.05) is 0 Å². The number of aliphatic imine (C=N–C) groups is 1. The van der Waals surface area contributed by atoms with Gasteiger partial charge >= 0.3 is 0 Å². The Kier molecular flexibility index (Phi) is 1.78. The quantitative estimate of drug-likeness (QED) is 0.549. The third-order valence-corrected chi connectivity index (χ3v) is 2.01. The highest BCUT2D eigenvalue weighted by molar-refractivity contribution is 5.76. The molecule has 1 aromatic carbocycles. The Morgan fingerprint density at radius 3 is 3.17 bits per heavy atom. The number of hydrogen-bond donors (Lipinski definition) is 0. The summed E-state index contributed by atoms with van der Waals surface area (Å²) >= 11 is 0. The van der Waals surface area contributed by atoms with Crippen LogP contribution in [0.4, 0.5) is 5.69 Å². The van der Waals surface area contributed by atoms with Crippen molar-refractivity contribution in [2.24, 2.45) is 4.99 Å². The number of benzene rings is 1. The molecule has 0 fully saturated rings. The molecule has 0 aromatic heterocycles. The van der Waals surface area contributed by atoms with E-state index in [4.69, 9.17) is 0 Å². The minimum Gasteiger partial charge on any atom is -0.257 e. The molecule has 1 nitrogen and oxygen atoms in total. The van der Waals surface area contributed by atoms with Gasteiger partial charge in [-0.25, -0.2) is 0 Å². The molecule has 1 heteroatoms. The standard InChI is InChI=1S/C11H11N/c1-9-5-6-10-4-2-3-7-12-11(10)8-9/h2-3,5-8H,4H2,1H3. The van der Waals surface area contributed by atoms with Crippen molar-refractivity contribution in [1.29, 1.82) is 0 Å². The van der Waals surface area contributed by atoms with Crippen LogP contribution in [0.1, 0.15) is 11.1 Å². The molecule has 2 rings (SSSR count). The van der Waals surface area contributed by atoms with Gasteiger partial charge < -0.3 is 0 Å². The first kappa shape index (κ1) is 7.29. The van der Waals surface area contributed by atoms with E-state index in [0.29, 0.717) is 0 Å². The Hall–Kier alpha value is -1.37. The second kappa shape index (κ2) is 2.94. The molecule has 12 heavy (non-hydrogen) atoms. The topological polar surface area (TPSA) is 12.4 Å². The summed E-state index contributed by atoms with van der Waals surface area (Å²) < 4.78 is 0. The van der Waals surface area contributed by atoms with Crippen LogP contribution in [-0.4, -0.2) is 6.21 Å². The fourth-order valence-corrected chi connectivity index (χ4v) is 1.35. The van der Waals surface area contributed by atoms with Gasteiger partial charge in [0.15, 0.2) is 0 Å². The molecule has 1 aliphatic rings. The molecule has 0 saturated carbocycles. The third kappa shape index (κ3) is 1.30. The summed E-state index contributed by atoms with van der Waals surface area (Å²) in [6.45, 7) is 2.09. The van der Waals surface area contributed by atoms with Crippen LogP contribution in [0.25, 0.3) is 0 Å². The van der Waals surface area contributed by atoms with Gasteiger partial charge in [-0.1, -0.05) is 18.2 Å². The van der Waals surface area contributed by atoms with Crippen LogP contribution in [0.2, 0.25) is 0 Å². The third-order valence-electron chi connectivity index (χ3n) is 2.01. The molecule has 0 unspecified atom stereocenters. The SMILES string of the molecule is Cc1ccc2c(c1)N=CC=CC2. The predicted octanol–water partition coefficient (Wildman–Crippen LogP) is 2.81. The highest BCUT2D eigenvalue weighted by Gasteiger charge is 2.00. The van der Waals surface area contributed by atoms with Crippen molar-refractivity contribution in [3.8, 4) is 0 Å². The number of allylic oxidation sites excluding steroid dienone is 2. The summed E-state index contributed by atoms with van der Waals surface area (Å²) in [7, 11) is 0. The van der Waals surface area contributed by atoms with Crippen LogP contribution >= 0.6 is 0 Å². The summed E-state index contributed by atoms with van der Waals surface area (Å²) in [4.78, 5) is 4.34. The first-order valence-corrected chi connectivity index (χ1v) is 4.15. The molecule has 1 aliphatic heterocycles. The van der Waals surface area contributed by atoms with E-state index < -0.39 is 0 Å². The van der Waals surface area contributed by atoms with Crippen molar-refractivity contribution < 1.29 is 0 Å². The van der Waals surface area contributed by atoms with Crippen molar-refractivity contribution in [3.05, 3.63) is 41.5 Å². The maximum absolute atomic E-state index is 4.34. The average molecular weight is 157 g/mol. The Morgan fingerprint density at radius 1 is 1.33 bits per heavy atom. The molecular formula is C11H11N. The lowest BCUT2D eigenvalue weighted by atomic mass is 10.1. The lowest BCUT2D eigenvalue weighted by Gasteiger charge is -2.01. The molecule has 60 valence electrons. The number of fused-ring (bicyclic) bond motifs is 1. The first-order chi connectivity index (χ1) is 5.86. The molecule has 0 amide bonds. The van der Waals surface area contributed by atoms with Crippen LogP contribution in [-0.2, 0) is 6.42 Å². The van der Waals surface area contributed by atoms with Gasteiger partial charge in [-0.2, -0.15) is 0 Å². The van der Waals surface area contributed by atoms with Crippen molar-refractivity contribution in [2.45, 2.75) is 13.3 Å². The van der Waals surface area contributed by atoms with Crippen LogP contribution in [0, 0.1) is 6.92 Å². The second-order valence-electron chi connectivity index (χ2n) is 3.04. The maximum atomic E-state index is 4.34. The van der Waals surface area contributed by atoms with Crippen LogP contribution in [0.3, 0.4) is 0 Å². The average Bonchev–Trinajstić information content (AvgIpc) is 2.28. The zero-order valence-electron chi connectivity index (χ0n) is 7.12. The molecule has 0 bridgehead atoms. The van der Waals surface area contributed by atoms with Crippen molar-refractivity contribution in [1.82, 2.24) is 0 Å². The Bertz CT molecular complexity index is 348. The molecule has 0 saturated heterocycles. The Morgan fingerprint density at radius 2 is 2.25 bits per heavy atom. The van der Waals surface area contributed by atoms with E-state index in [1.165, 1.54) is 11.1 Å². The van der Waals surface area contributed by atoms with Crippen molar-refractivity contribution >= 4 is 11.9 Å². The molecule has 0 N–H and O–H groups in total. The van der Waals surface area contributed by atoms with Gasteiger partial charge in [0, 0.05) is 6.21 Å². The van der Waals surface area contributed by atoms with Gasteiger partial charge in [-0.3, -0.25) is 4.99 Å². The summed E-state index contributed by atoms with van der Waals surface area (Å²) in [6.07, 6.45) is 6.97. The summed E-state index contributed by atoms with van der Waals surface area (Å²) in [5.74, 6) is 0. The fourth-order valence-electron chi connectivity index (χ4n) is 1.35. The van der Waals surface area contributed by atoms with Gasteiger partial charge in [0.2, 0.25) is 0 Å². The Balaban J connectivity index is 2.53. The largest absolute Gasteiger partial charge is 0.257 e. The van der Waals surface area contributed by atoms with E-state index in [-0.39, 0.29) is 0 Å². The second-order valence-corrected chi connectivity index (χ2v) is 3.04. The minimum atomic E-state index is 0.996. The summed E-state index contributed by atoms with van der Waals surface area (Å²) in [5.41, 5.74) is 3.69. The highest BCUT2D eigenvalue weighted by atomic mass is 14.7. The summed E-state index contributed by atoms with van der Waals surface area (Å²) in [5, 5.41) is 0. The summed E-state index contributed by atoms with van der Waals surface area (Å²) in [6, 6.07) is 6.41. The van der Waals surface area contributed by atoms with E-state index in [1.807, 2.05) is 12.3 Å². The Labute approximate surface area is 72.5 Å². The van der Waals surface area contributed by atoms with Gasteiger partial charge in [0.25, 0.3) is 0 Å². The lowest BCUT2D eigenvalue weighted by molar-refractivity contribution is 1.25. The number of nitrogens with zero attached hydrogens (tertiary/aromatic N) is 1. The molecule has 0 atom stereocenters. The molecule has 0 spiro atoms. The van der Waals surface area contributed by atoms with Gasteiger partial charge in [-0.05, 0) is 36.6 Å². The zero-order valence-corrected chi connectivity index (χ0v) is 7.12. The van der Waals surface area contributed by atoms with Gasteiger partial charge in [-0.15, -0.1) is 0 Å². The molecule has 1 aromatic rings. The molecular weight excluding hydrogens is 146 g/mol. The predicted molar refractivity (Wildman–Crippen MR) is 52.2 cm³/mol.